The van der Waals surface area contributed by atoms with Crippen LogP contribution in [0.25, 0.3) is 11.1 Å². The number of aliphatic carboxylic acids is 1. The average Bonchev–Trinajstić information content (AvgIpc) is 4.03. The number of aliphatic hydroxyl groups excluding tert-OH is 1. The number of nitrogens with one attached hydrogen (secondary N) is 1. The van der Waals surface area contributed by atoms with Gasteiger partial charge in [-0.3, -0.25) is 14.4 Å². The molecule has 2 aromatic carbocycles. The fraction of sp³-hybridized carbons (Fsp3) is 0.513. The van der Waals surface area contributed by atoms with Crippen molar-refractivity contribution in [1.29, 1.82) is 0 Å². The molecule has 1 fully saturated rings. The first-order chi connectivity index (χ1) is 26.4. The van der Waals surface area contributed by atoms with Gasteiger partial charge in [-0.15, -0.1) is 0 Å². The molecule has 54 heavy (non-hydrogen) atoms. The van der Waals surface area contributed by atoms with E-state index in [1.54, 1.807) is 19.3 Å². The van der Waals surface area contributed by atoms with E-state index in [0.717, 1.165) is 46.5 Å². The highest BCUT2D eigenvalue weighted by Gasteiger charge is 2.42. The molecular weight excluding hydrogens is 698 g/mol. The number of carbonyl (C=O) groups excluding carboxylic acids is 2. The third-order valence-corrected chi connectivity index (χ3v) is 9.14. The molecule has 0 bridgehead atoms. The Kier molecular flexibility index (Phi) is 16.1. The summed E-state index contributed by atoms with van der Waals surface area (Å²) in [6, 6.07) is 14.0. The Labute approximate surface area is 315 Å². The maximum absolute atomic E-state index is 13.0. The van der Waals surface area contributed by atoms with Gasteiger partial charge in [0.15, 0.2) is 0 Å². The SMILES string of the molecule is CC(=O)N1c2ccc(-c3cnc(C(=O)NCCOCCOCCOCCOCCOCCC(=O)O)nc3)cc2N(Cc2ccccc2CO)C[C@@H]1C1CC1. The first-order valence-corrected chi connectivity index (χ1v) is 18.4. The van der Waals surface area contributed by atoms with Gasteiger partial charge in [-0.2, -0.15) is 0 Å². The standard InChI is InChI=1S/C39H51N5O10/c1-28(46)44-34-9-8-30(22-35(34)43(26-36(44)29-6-7-29)25-31-4-2-3-5-32(31)27-45)33-23-41-38(42-24-33)39(49)40-11-13-51-15-17-53-19-21-54-20-18-52-16-14-50-12-10-37(47)48/h2-5,8-9,22-24,29,36,45H,6-7,10-21,25-27H2,1H3,(H,40,49)(H,47,48)/t36-/m1/s1. The number of aliphatic hydroxyl groups is 1. The first-order valence-electron chi connectivity index (χ1n) is 18.4. The van der Waals surface area contributed by atoms with Crippen LogP contribution in [0, 0.1) is 5.92 Å². The molecule has 0 radical (unpaired) electrons. The molecular formula is C39H51N5O10. The van der Waals surface area contributed by atoms with Gasteiger partial charge in [0, 0.05) is 44.5 Å². The lowest BCUT2D eigenvalue weighted by atomic mass is 9.98. The number of hydrogen-bond acceptors (Lipinski definition) is 12. The molecule has 0 unspecified atom stereocenters. The summed E-state index contributed by atoms with van der Waals surface area (Å²) in [6.07, 6.45) is 5.45. The Morgan fingerprint density at radius 2 is 1.37 bits per heavy atom. The number of nitrogens with zero attached hydrogens (tertiary/aromatic N) is 4. The van der Waals surface area contributed by atoms with Crippen LogP contribution in [-0.4, -0.2) is 123 Å². The minimum atomic E-state index is -0.890. The van der Waals surface area contributed by atoms with Crippen molar-refractivity contribution in [1.82, 2.24) is 15.3 Å². The minimum Gasteiger partial charge on any atom is -0.481 e. The van der Waals surface area contributed by atoms with Crippen molar-refractivity contribution in [2.45, 2.75) is 45.4 Å². The quantitative estimate of drug-likeness (QED) is 0.114. The molecule has 5 rings (SSSR count). The molecule has 2 amide bonds. The number of ether oxygens (including phenoxy) is 5. The van der Waals surface area contributed by atoms with Gasteiger partial charge in [0.2, 0.25) is 11.7 Å². The molecule has 2 heterocycles. The number of amides is 2. The van der Waals surface area contributed by atoms with Crippen LogP contribution in [-0.2, 0) is 46.4 Å². The van der Waals surface area contributed by atoms with Crippen molar-refractivity contribution >= 4 is 29.2 Å². The Morgan fingerprint density at radius 3 is 1.94 bits per heavy atom. The van der Waals surface area contributed by atoms with Crippen LogP contribution < -0.4 is 15.1 Å². The highest BCUT2D eigenvalue weighted by Crippen LogP contribution is 2.45. The van der Waals surface area contributed by atoms with E-state index in [9.17, 15) is 19.5 Å². The second-order valence-corrected chi connectivity index (χ2v) is 13.1. The van der Waals surface area contributed by atoms with Gasteiger partial charge in [-0.1, -0.05) is 30.3 Å². The van der Waals surface area contributed by atoms with E-state index < -0.39 is 11.9 Å². The summed E-state index contributed by atoms with van der Waals surface area (Å²) in [5, 5.41) is 21.3. The number of hydrogen-bond donors (Lipinski definition) is 3. The second-order valence-electron chi connectivity index (χ2n) is 13.1. The van der Waals surface area contributed by atoms with Gasteiger partial charge in [0.25, 0.3) is 5.91 Å². The second kappa shape index (κ2) is 21.4. The van der Waals surface area contributed by atoms with E-state index in [1.807, 2.05) is 47.4 Å². The third-order valence-electron chi connectivity index (χ3n) is 9.14. The maximum atomic E-state index is 13.0. The maximum Gasteiger partial charge on any atom is 0.305 e. The van der Waals surface area contributed by atoms with Gasteiger partial charge in [-0.25, -0.2) is 9.97 Å². The molecule has 1 saturated carbocycles. The van der Waals surface area contributed by atoms with Crippen molar-refractivity contribution in [2.24, 2.45) is 5.92 Å². The van der Waals surface area contributed by atoms with Gasteiger partial charge >= 0.3 is 5.97 Å². The summed E-state index contributed by atoms with van der Waals surface area (Å²) in [4.78, 5) is 49.0. The number of benzene rings is 2. The largest absolute Gasteiger partial charge is 0.481 e. The third kappa shape index (κ3) is 12.3. The van der Waals surface area contributed by atoms with Crippen molar-refractivity contribution < 1.29 is 48.3 Å². The zero-order valence-electron chi connectivity index (χ0n) is 30.8. The van der Waals surface area contributed by atoms with Gasteiger partial charge in [0.05, 0.1) is 96.5 Å². The van der Waals surface area contributed by atoms with E-state index in [-0.39, 0.29) is 44.0 Å². The zero-order valence-corrected chi connectivity index (χ0v) is 30.8. The minimum absolute atomic E-state index is 0.0197. The summed E-state index contributed by atoms with van der Waals surface area (Å²) in [7, 11) is 0. The highest BCUT2D eigenvalue weighted by atomic mass is 16.6. The summed E-state index contributed by atoms with van der Waals surface area (Å²) in [5.41, 5.74) is 5.30. The van der Waals surface area contributed by atoms with Gasteiger partial charge < -0.3 is 49.0 Å². The lowest BCUT2D eigenvalue weighted by Crippen LogP contribution is -2.52. The molecule has 1 aliphatic heterocycles. The van der Waals surface area contributed by atoms with Crippen LogP contribution in [0.2, 0.25) is 0 Å². The summed E-state index contributed by atoms with van der Waals surface area (Å²) in [6.45, 7) is 6.73. The van der Waals surface area contributed by atoms with Gasteiger partial charge in [-0.05, 0) is 47.6 Å². The number of carboxylic acids is 1. The predicted octanol–water partition coefficient (Wildman–Crippen LogP) is 3.08. The van der Waals surface area contributed by atoms with Crippen LogP contribution in [0.1, 0.15) is 47.9 Å². The molecule has 1 atom stereocenters. The number of carbonyl (C=O) groups is 3. The topological polar surface area (TPSA) is 182 Å². The Morgan fingerprint density at radius 1 is 0.778 bits per heavy atom. The van der Waals surface area contributed by atoms with Crippen LogP contribution in [0.5, 0.6) is 0 Å². The summed E-state index contributed by atoms with van der Waals surface area (Å²) in [5.74, 6) is -0.759. The molecule has 3 aromatic rings. The Hall–Kier alpha value is -4.51. The molecule has 1 aromatic heterocycles. The van der Waals surface area contributed by atoms with Crippen LogP contribution in [0.3, 0.4) is 0 Å². The predicted molar refractivity (Wildman–Crippen MR) is 199 cm³/mol. The molecule has 292 valence electrons. The van der Waals surface area contributed by atoms with Crippen LogP contribution >= 0.6 is 0 Å². The molecule has 2 aliphatic rings. The summed E-state index contributed by atoms with van der Waals surface area (Å²) < 4.78 is 26.9. The smallest absolute Gasteiger partial charge is 0.305 e. The average molecular weight is 750 g/mol. The van der Waals surface area contributed by atoms with Crippen molar-refractivity contribution in [3.63, 3.8) is 0 Å². The van der Waals surface area contributed by atoms with E-state index >= 15 is 0 Å². The number of fused-ring (bicyclic) bond motifs is 1. The van der Waals surface area contributed by atoms with E-state index in [2.05, 4.69) is 20.2 Å². The molecule has 0 saturated heterocycles. The first kappa shape index (κ1) is 40.7. The van der Waals surface area contributed by atoms with E-state index in [1.165, 1.54) is 0 Å². The van der Waals surface area contributed by atoms with Crippen molar-refractivity contribution in [3.05, 3.63) is 71.8 Å². The molecule has 3 N–H and O–H groups in total. The number of rotatable bonds is 24. The lowest BCUT2D eigenvalue weighted by Gasteiger charge is -2.44. The van der Waals surface area contributed by atoms with Crippen LogP contribution in [0.4, 0.5) is 11.4 Å². The van der Waals surface area contributed by atoms with Gasteiger partial charge in [0.1, 0.15) is 0 Å². The number of aromatic nitrogens is 2. The zero-order chi connectivity index (χ0) is 38.1. The fourth-order valence-electron chi connectivity index (χ4n) is 6.26. The normalized spacial score (nSPS) is 15.3. The fourth-order valence-corrected chi connectivity index (χ4v) is 6.26. The molecule has 15 nitrogen and oxygen atoms in total. The highest BCUT2D eigenvalue weighted by molar-refractivity contribution is 5.98. The lowest BCUT2D eigenvalue weighted by molar-refractivity contribution is -0.138. The Balaban J connectivity index is 1.03. The monoisotopic (exact) mass is 749 g/mol. The molecule has 15 heteroatoms. The molecule has 0 spiro atoms. The van der Waals surface area contributed by atoms with Crippen LogP contribution in [0.15, 0.2) is 54.9 Å². The number of carboxylic acid groups (broad SMARTS) is 1. The summed E-state index contributed by atoms with van der Waals surface area (Å²) >= 11 is 0. The Bertz CT molecular complexity index is 1650. The van der Waals surface area contributed by atoms with E-state index in [4.69, 9.17) is 28.8 Å². The van der Waals surface area contributed by atoms with Crippen molar-refractivity contribution in [2.75, 3.05) is 89.0 Å². The van der Waals surface area contributed by atoms with Crippen molar-refractivity contribution in [3.8, 4) is 11.1 Å². The number of anilines is 2. The van der Waals surface area contributed by atoms with E-state index in [0.29, 0.717) is 78.5 Å². The molecule has 1 aliphatic carbocycles.